The highest BCUT2D eigenvalue weighted by atomic mass is 32.2. The molecule has 0 aromatic carbocycles. The second-order valence-corrected chi connectivity index (χ2v) is 3.69. The fourth-order valence-electron chi connectivity index (χ4n) is 0.840. The first kappa shape index (κ1) is 12.1. The van der Waals surface area contributed by atoms with E-state index in [1.807, 2.05) is 6.26 Å². The Bertz CT molecular complexity index is 321. The molecule has 0 atom stereocenters. The second-order valence-electron chi connectivity index (χ2n) is 2.86. The third-order valence-corrected chi connectivity index (χ3v) is 2.32. The minimum atomic E-state index is -2.91. The number of thioether (sulfide) groups is 1. The molecule has 3 N–H and O–H groups in total. The fraction of sp³-hybridized carbons (Fsp3) is 0.500. The van der Waals surface area contributed by atoms with Crippen molar-refractivity contribution in [3.63, 3.8) is 0 Å². The number of aromatic nitrogens is 2. The maximum absolute atomic E-state index is 12.8. The topological polar surface area (TPSA) is 63.8 Å². The van der Waals surface area contributed by atoms with Crippen LogP contribution in [0.1, 0.15) is 0 Å². The van der Waals surface area contributed by atoms with Gasteiger partial charge in [0.05, 0.1) is 13.1 Å². The average molecular weight is 234 g/mol. The summed E-state index contributed by atoms with van der Waals surface area (Å²) in [6.07, 6.45) is 3.18. The van der Waals surface area contributed by atoms with Gasteiger partial charge in [-0.15, -0.1) is 11.8 Å². The first-order valence-electron chi connectivity index (χ1n) is 4.25. The van der Waals surface area contributed by atoms with Crippen molar-refractivity contribution in [2.24, 2.45) is 5.73 Å². The monoisotopic (exact) mass is 234 g/mol. The Morgan fingerprint density at radius 2 is 2.27 bits per heavy atom. The van der Waals surface area contributed by atoms with Crippen LogP contribution in [0.4, 0.5) is 14.6 Å². The van der Waals surface area contributed by atoms with Crippen LogP contribution in [0, 0.1) is 0 Å². The normalized spacial score (nSPS) is 11.5. The molecule has 1 aromatic heterocycles. The van der Waals surface area contributed by atoms with Gasteiger partial charge in [0.1, 0.15) is 17.2 Å². The van der Waals surface area contributed by atoms with Crippen LogP contribution in [0.2, 0.25) is 0 Å². The molecule has 0 saturated carbocycles. The van der Waals surface area contributed by atoms with E-state index < -0.39 is 19.0 Å². The summed E-state index contributed by atoms with van der Waals surface area (Å²) in [5.41, 5.74) is 4.90. The number of rotatable bonds is 5. The van der Waals surface area contributed by atoms with Gasteiger partial charge in [-0.25, -0.2) is 18.7 Å². The van der Waals surface area contributed by atoms with Crippen LogP contribution < -0.4 is 11.1 Å². The highest BCUT2D eigenvalue weighted by Gasteiger charge is 2.26. The van der Waals surface area contributed by atoms with Crippen molar-refractivity contribution in [2.45, 2.75) is 10.9 Å². The van der Waals surface area contributed by atoms with Gasteiger partial charge in [-0.2, -0.15) is 0 Å². The Morgan fingerprint density at radius 1 is 1.53 bits per heavy atom. The Hall–Kier alpha value is -0.950. The van der Waals surface area contributed by atoms with Gasteiger partial charge in [0.2, 0.25) is 0 Å². The number of nitrogens with two attached hydrogens (primary N) is 1. The summed E-state index contributed by atoms with van der Waals surface area (Å²) in [4.78, 5) is 7.74. The standard InChI is InChI=1S/C8H12F2N4S/c1-15-7-2-6(13-5-14-7)12-4-8(9,10)3-11/h2,5H,3-4,11H2,1H3,(H,12,13,14). The van der Waals surface area contributed by atoms with E-state index in [0.29, 0.717) is 5.82 Å². The van der Waals surface area contributed by atoms with Gasteiger partial charge < -0.3 is 11.1 Å². The number of nitrogens with one attached hydrogen (secondary N) is 1. The number of hydrogen-bond donors (Lipinski definition) is 2. The molecule has 15 heavy (non-hydrogen) atoms. The highest BCUT2D eigenvalue weighted by Crippen LogP contribution is 2.16. The van der Waals surface area contributed by atoms with Crippen molar-refractivity contribution in [3.8, 4) is 0 Å². The molecule has 84 valence electrons. The average Bonchev–Trinajstić information content (AvgIpc) is 2.27. The lowest BCUT2D eigenvalue weighted by Crippen LogP contribution is -2.35. The van der Waals surface area contributed by atoms with Crippen LogP contribution in [-0.4, -0.2) is 35.2 Å². The molecule has 0 radical (unpaired) electrons. The maximum atomic E-state index is 12.8. The third kappa shape index (κ3) is 3.96. The second kappa shape index (κ2) is 5.22. The lowest BCUT2D eigenvalue weighted by Gasteiger charge is -2.14. The van der Waals surface area contributed by atoms with Gasteiger partial charge in [-0.1, -0.05) is 0 Å². The molecular weight excluding hydrogens is 222 g/mol. The zero-order valence-corrected chi connectivity index (χ0v) is 9.02. The van der Waals surface area contributed by atoms with Crippen molar-refractivity contribution in [1.29, 1.82) is 0 Å². The summed E-state index contributed by atoms with van der Waals surface area (Å²) in [5.74, 6) is -2.53. The van der Waals surface area contributed by atoms with Crippen LogP contribution in [0.25, 0.3) is 0 Å². The SMILES string of the molecule is CSc1cc(NCC(F)(F)CN)ncn1. The fourth-order valence-corrected chi connectivity index (χ4v) is 1.22. The van der Waals surface area contributed by atoms with Crippen molar-refractivity contribution in [1.82, 2.24) is 9.97 Å². The van der Waals surface area contributed by atoms with Crippen molar-refractivity contribution < 1.29 is 8.78 Å². The third-order valence-electron chi connectivity index (χ3n) is 1.68. The minimum absolute atomic E-state index is 0.377. The summed E-state index contributed by atoms with van der Waals surface area (Å²) >= 11 is 1.42. The molecule has 0 unspecified atom stereocenters. The number of alkyl halides is 2. The highest BCUT2D eigenvalue weighted by molar-refractivity contribution is 7.98. The Kier molecular flexibility index (Phi) is 4.22. The van der Waals surface area contributed by atoms with E-state index >= 15 is 0 Å². The zero-order chi connectivity index (χ0) is 11.3. The van der Waals surface area contributed by atoms with Crippen molar-refractivity contribution in [3.05, 3.63) is 12.4 Å². The zero-order valence-electron chi connectivity index (χ0n) is 8.20. The summed E-state index contributed by atoms with van der Waals surface area (Å²) in [6, 6.07) is 1.61. The largest absolute Gasteiger partial charge is 0.364 e. The van der Waals surface area contributed by atoms with E-state index in [-0.39, 0.29) is 0 Å². The number of anilines is 1. The van der Waals surface area contributed by atoms with E-state index in [1.165, 1.54) is 18.1 Å². The Labute approximate surface area is 90.7 Å². The molecule has 1 aromatic rings. The van der Waals surface area contributed by atoms with E-state index in [4.69, 9.17) is 5.73 Å². The molecule has 7 heteroatoms. The quantitative estimate of drug-likeness (QED) is 0.592. The first-order valence-corrected chi connectivity index (χ1v) is 5.47. The van der Waals surface area contributed by atoms with E-state index in [0.717, 1.165) is 5.03 Å². The van der Waals surface area contributed by atoms with Gasteiger partial charge in [0, 0.05) is 6.07 Å². The van der Waals surface area contributed by atoms with Gasteiger partial charge in [-0.05, 0) is 6.26 Å². The van der Waals surface area contributed by atoms with Crippen LogP contribution in [0.5, 0.6) is 0 Å². The molecule has 0 saturated heterocycles. The smallest absolute Gasteiger partial charge is 0.276 e. The molecule has 0 aliphatic rings. The van der Waals surface area contributed by atoms with E-state index in [1.54, 1.807) is 6.07 Å². The number of hydrogen-bond acceptors (Lipinski definition) is 5. The first-order chi connectivity index (χ1) is 7.07. The molecule has 0 aliphatic heterocycles. The lowest BCUT2D eigenvalue weighted by atomic mass is 10.3. The van der Waals surface area contributed by atoms with E-state index in [9.17, 15) is 8.78 Å². The molecule has 0 aliphatic carbocycles. The van der Waals surface area contributed by atoms with Crippen molar-refractivity contribution >= 4 is 17.6 Å². The van der Waals surface area contributed by atoms with E-state index in [2.05, 4.69) is 15.3 Å². The summed E-state index contributed by atoms with van der Waals surface area (Å²) < 4.78 is 25.6. The molecule has 1 rings (SSSR count). The predicted octanol–water partition coefficient (Wildman–Crippen LogP) is 1.20. The molecule has 0 bridgehead atoms. The summed E-state index contributed by atoms with van der Waals surface area (Å²) in [5, 5.41) is 3.24. The minimum Gasteiger partial charge on any atom is -0.364 e. The van der Waals surface area contributed by atoms with Crippen LogP contribution in [0.3, 0.4) is 0 Å². The van der Waals surface area contributed by atoms with Crippen molar-refractivity contribution in [2.75, 3.05) is 24.7 Å². The van der Waals surface area contributed by atoms with Crippen LogP contribution in [-0.2, 0) is 0 Å². The summed E-state index contributed by atoms with van der Waals surface area (Å²) in [7, 11) is 0. The number of halogens is 2. The predicted molar refractivity (Wildman–Crippen MR) is 56.3 cm³/mol. The van der Waals surface area contributed by atoms with Gasteiger partial charge in [0.25, 0.3) is 5.92 Å². The van der Waals surface area contributed by atoms with Gasteiger partial charge in [0.15, 0.2) is 0 Å². The molecule has 4 nitrogen and oxygen atoms in total. The molecule has 1 heterocycles. The Balaban J connectivity index is 2.57. The lowest BCUT2D eigenvalue weighted by molar-refractivity contribution is 0.0253. The molecule has 0 spiro atoms. The molecule has 0 amide bonds. The van der Waals surface area contributed by atoms with Crippen LogP contribution >= 0.6 is 11.8 Å². The molecular formula is C8H12F2N4S. The Morgan fingerprint density at radius 3 is 2.87 bits per heavy atom. The van der Waals surface area contributed by atoms with Crippen LogP contribution in [0.15, 0.2) is 17.4 Å². The van der Waals surface area contributed by atoms with Gasteiger partial charge in [-0.3, -0.25) is 0 Å². The summed E-state index contributed by atoms with van der Waals surface area (Å²) in [6.45, 7) is -1.20. The number of nitrogens with zero attached hydrogens (tertiary/aromatic N) is 2. The van der Waals surface area contributed by atoms with Gasteiger partial charge >= 0.3 is 0 Å². The molecule has 0 fully saturated rings. The maximum Gasteiger partial charge on any atom is 0.276 e.